The lowest BCUT2D eigenvalue weighted by molar-refractivity contribution is -0.137. The molecule has 14 heteroatoms. The highest BCUT2D eigenvalue weighted by atomic mass is 32.2. The van der Waals surface area contributed by atoms with Crippen molar-refractivity contribution in [3.63, 3.8) is 0 Å². The molecule has 35 heavy (non-hydrogen) atoms. The number of fused-ring (bicyclic) bond motifs is 1. The van der Waals surface area contributed by atoms with E-state index in [2.05, 4.69) is 10.1 Å². The van der Waals surface area contributed by atoms with Crippen molar-refractivity contribution in [1.29, 1.82) is 0 Å². The Kier molecular flexibility index (Phi) is 6.97. The molecule has 1 N–H and O–H groups in total. The van der Waals surface area contributed by atoms with Gasteiger partial charge in [-0.3, -0.25) is 14.3 Å². The van der Waals surface area contributed by atoms with Crippen molar-refractivity contribution in [2.24, 2.45) is 0 Å². The van der Waals surface area contributed by atoms with E-state index in [-0.39, 0.29) is 27.2 Å². The van der Waals surface area contributed by atoms with Gasteiger partial charge in [-0.2, -0.15) is 18.3 Å². The average Bonchev–Trinajstić information content (AvgIpc) is 3.22. The summed E-state index contributed by atoms with van der Waals surface area (Å²) in [5.74, 6) is -1.02. The molecule has 10 nitrogen and oxygen atoms in total. The van der Waals surface area contributed by atoms with Crippen molar-refractivity contribution in [2.75, 3.05) is 10.7 Å². The highest BCUT2D eigenvalue weighted by Crippen LogP contribution is 2.39. The average molecular weight is 516 g/mol. The predicted octanol–water partition coefficient (Wildman–Crippen LogP) is 2.77. The van der Waals surface area contributed by atoms with E-state index in [1.165, 1.54) is 16.9 Å². The summed E-state index contributed by atoms with van der Waals surface area (Å²) in [6, 6.07) is 2.55. The van der Waals surface area contributed by atoms with Crippen LogP contribution >= 0.6 is 0 Å². The largest absolute Gasteiger partial charge is 0.417 e. The van der Waals surface area contributed by atoms with E-state index >= 15 is 0 Å². The number of amides is 1. The summed E-state index contributed by atoms with van der Waals surface area (Å²) >= 11 is 0. The van der Waals surface area contributed by atoms with Crippen LogP contribution in [0.4, 0.5) is 13.2 Å². The molecule has 0 aliphatic rings. The third kappa shape index (κ3) is 5.01. The number of hydrogen-bond donors (Lipinski definition) is 1. The van der Waals surface area contributed by atoms with Crippen molar-refractivity contribution in [2.45, 2.75) is 52.3 Å². The fourth-order valence-electron chi connectivity index (χ4n) is 3.67. The summed E-state index contributed by atoms with van der Waals surface area (Å²) in [5, 5.41) is 3.62. The zero-order chi connectivity index (χ0) is 26.3. The van der Waals surface area contributed by atoms with Gasteiger partial charge in [0.1, 0.15) is 0 Å². The molecular weight excluding hydrogens is 491 g/mol. The number of benzene rings is 1. The maximum Gasteiger partial charge on any atom is 0.417 e. The topological polar surface area (TPSA) is 127 Å². The second-order valence-corrected chi connectivity index (χ2v) is 10.1. The van der Waals surface area contributed by atoms with Gasteiger partial charge in [0, 0.05) is 24.2 Å². The van der Waals surface area contributed by atoms with Crippen LogP contribution in [0.25, 0.3) is 22.2 Å². The Hall–Kier alpha value is -3.42. The summed E-state index contributed by atoms with van der Waals surface area (Å²) < 4.78 is 68.1. The Balaban J connectivity index is 2.41. The van der Waals surface area contributed by atoms with Crippen LogP contribution in [0.1, 0.15) is 51.6 Å². The van der Waals surface area contributed by atoms with Crippen LogP contribution in [0, 0.1) is 0 Å². The molecule has 0 fully saturated rings. The number of aromatic nitrogens is 4. The number of nitrogens with zero attached hydrogens (tertiary/aromatic N) is 4. The fraction of sp³-hybridized carbons (Fsp3) is 0.429. The van der Waals surface area contributed by atoms with Gasteiger partial charge in [-0.15, -0.1) is 9.09 Å². The van der Waals surface area contributed by atoms with Gasteiger partial charge in [-0.05, 0) is 38.5 Å². The Morgan fingerprint density at radius 3 is 2.43 bits per heavy atom. The van der Waals surface area contributed by atoms with Gasteiger partial charge < -0.3 is 4.98 Å². The number of sulfonamides is 1. The first-order valence-electron chi connectivity index (χ1n) is 10.7. The molecule has 0 unspecified atom stereocenters. The van der Waals surface area contributed by atoms with E-state index in [4.69, 9.17) is 0 Å². The number of halogens is 3. The molecule has 1 aromatic carbocycles. The lowest BCUT2D eigenvalue weighted by Crippen LogP contribution is -2.55. The van der Waals surface area contributed by atoms with Gasteiger partial charge in [0.25, 0.3) is 21.5 Å². The van der Waals surface area contributed by atoms with Crippen molar-refractivity contribution >= 4 is 26.8 Å². The van der Waals surface area contributed by atoms with E-state index in [9.17, 15) is 36.0 Å². The van der Waals surface area contributed by atoms with E-state index in [1.54, 1.807) is 20.8 Å². The van der Waals surface area contributed by atoms with Crippen LogP contribution in [0.3, 0.4) is 0 Å². The molecular formula is C21H24F3N5O5S. The number of unbranched alkanes of at least 4 members (excludes halogenated alkanes) is 1. The number of carbonyl (C=O) groups is 1. The molecule has 0 bridgehead atoms. The van der Waals surface area contributed by atoms with E-state index in [0.717, 1.165) is 6.07 Å². The van der Waals surface area contributed by atoms with E-state index in [1.807, 2.05) is 0 Å². The molecule has 2 aromatic heterocycles. The number of rotatable bonds is 7. The molecule has 3 rings (SSSR count). The second-order valence-electron chi connectivity index (χ2n) is 8.25. The van der Waals surface area contributed by atoms with Crippen LogP contribution in [0.15, 0.2) is 34.0 Å². The molecule has 0 saturated carbocycles. The number of H-pyrrole nitrogens is 1. The third-order valence-corrected chi connectivity index (χ3v) is 6.20. The molecule has 0 atom stereocenters. The molecule has 3 aromatic rings. The van der Waals surface area contributed by atoms with Crippen molar-refractivity contribution < 1.29 is 26.4 Å². The Labute approximate surface area is 198 Å². The number of alkyl halides is 3. The molecule has 0 aliphatic carbocycles. The number of aromatic amines is 1. The highest BCUT2D eigenvalue weighted by molar-refractivity contribution is 7.92. The first-order valence-corrected chi connectivity index (χ1v) is 12.5. The SMILES string of the molecule is CCCCC(=O)N(n1c(=O)[nH]c2cc(C(F)(F)F)c(-c3ccnn3C(C)C)cc2c1=O)S(C)(=O)=O. The zero-order valence-corrected chi connectivity index (χ0v) is 20.2. The minimum atomic E-state index is -4.85. The lowest BCUT2D eigenvalue weighted by Gasteiger charge is -2.22. The summed E-state index contributed by atoms with van der Waals surface area (Å²) in [6.45, 7) is 5.18. The quantitative estimate of drug-likeness (QED) is 0.516. The van der Waals surface area contributed by atoms with E-state index in [0.29, 0.717) is 25.2 Å². The monoisotopic (exact) mass is 515 g/mol. The van der Waals surface area contributed by atoms with E-state index < -0.39 is 55.4 Å². The Bertz CT molecular complexity index is 1500. The lowest BCUT2D eigenvalue weighted by atomic mass is 10.0. The maximum absolute atomic E-state index is 14.0. The van der Waals surface area contributed by atoms with Crippen LogP contribution in [-0.4, -0.2) is 40.0 Å². The van der Waals surface area contributed by atoms with Gasteiger partial charge >= 0.3 is 11.9 Å². The molecule has 0 saturated heterocycles. The molecule has 0 spiro atoms. The van der Waals surface area contributed by atoms with Crippen LogP contribution in [-0.2, 0) is 21.0 Å². The summed E-state index contributed by atoms with van der Waals surface area (Å²) in [7, 11) is -4.43. The Morgan fingerprint density at radius 2 is 1.89 bits per heavy atom. The van der Waals surface area contributed by atoms with Crippen LogP contribution in [0.5, 0.6) is 0 Å². The fourth-order valence-corrected chi connectivity index (χ4v) is 4.58. The summed E-state index contributed by atoms with van der Waals surface area (Å²) in [4.78, 5) is 40.7. The van der Waals surface area contributed by atoms with Crippen molar-refractivity contribution in [3.8, 4) is 11.3 Å². The minimum absolute atomic E-state index is 0.0545. The van der Waals surface area contributed by atoms with Gasteiger partial charge in [0.05, 0.1) is 28.4 Å². The smallest absolute Gasteiger partial charge is 0.305 e. The first-order chi connectivity index (χ1) is 16.2. The predicted molar refractivity (Wildman–Crippen MR) is 123 cm³/mol. The Morgan fingerprint density at radius 1 is 1.23 bits per heavy atom. The van der Waals surface area contributed by atoms with Crippen LogP contribution in [0.2, 0.25) is 0 Å². The maximum atomic E-state index is 14.0. The van der Waals surface area contributed by atoms with Gasteiger partial charge in [0.15, 0.2) is 0 Å². The third-order valence-electron chi connectivity index (χ3n) is 5.21. The summed E-state index contributed by atoms with van der Waals surface area (Å²) in [5.41, 5.74) is -4.55. The minimum Gasteiger partial charge on any atom is -0.305 e. The molecule has 0 aliphatic heterocycles. The highest BCUT2D eigenvalue weighted by Gasteiger charge is 2.36. The number of hydrogen-bond acceptors (Lipinski definition) is 6. The molecule has 1 amide bonds. The number of nitrogens with one attached hydrogen (secondary N) is 1. The van der Waals surface area contributed by atoms with Gasteiger partial charge in [0.2, 0.25) is 0 Å². The normalized spacial score (nSPS) is 12.5. The van der Waals surface area contributed by atoms with Gasteiger partial charge in [-0.25, -0.2) is 13.2 Å². The second kappa shape index (κ2) is 9.32. The van der Waals surface area contributed by atoms with Crippen molar-refractivity contribution in [3.05, 3.63) is 50.8 Å². The molecule has 0 radical (unpaired) electrons. The standard InChI is InChI=1S/C21H24F3N5O5S/c1-5-6-7-18(30)29(35(4,33)34)28-19(31)14-10-13(17-8-9-25-27(17)12(2)3)15(21(22,23)24)11-16(14)26-20(28)32/h8-12H,5-7H2,1-4H3,(H,26,32). The molecule has 190 valence electrons. The van der Waals surface area contributed by atoms with Crippen molar-refractivity contribution in [1.82, 2.24) is 19.4 Å². The van der Waals surface area contributed by atoms with Gasteiger partial charge in [-0.1, -0.05) is 13.3 Å². The summed E-state index contributed by atoms with van der Waals surface area (Å²) in [6.07, 6.45) is -2.33. The molecule has 2 heterocycles. The van der Waals surface area contributed by atoms with Crippen LogP contribution < -0.4 is 15.7 Å². The first kappa shape index (κ1) is 26.2. The number of carbonyl (C=O) groups excluding carboxylic acids is 1. The zero-order valence-electron chi connectivity index (χ0n) is 19.4.